The van der Waals surface area contributed by atoms with Crippen molar-refractivity contribution in [1.29, 1.82) is 0 Å². The molecule has 0 aliphatic carbocycles. The predicted molar refractivity (Wildman–Crippen MR) is 64.4 cm³/mol. The van der Waals surface area contributed by atoms with E-state index in [1.54, 1.807) is 37.3 Å². The molecule has 0 saturated heterocycles. The second kappa shape index (κ2) is 6.86. The Kier molecular flexibility index (Phi) is 5.75. The Morgan fingerprint density at radius 2 is 1.79 bits per heavy atom. The van der Waals surface area contributed by atoms with Crippen molar-refractivity contribution in [3.8, 4) is 0 Å². The molecular weight excluding hydrogens is 262 g/mol. The van der Waals surface area contributed by atoms with Crippen LogP contribution in [0, 0.1) is 0 Å². The highest BCUT2D eigenvalue weighted by Crippen LogP contribution is 2.26. The molecule has 0 amide bonds. The highest BCUT2D eigenvalue weighted by atomic mass is 19.3. The van der Waals surface area contributed by atoms with Crippen LogP contribution in [0.5, 0.6) is 0 Å². The van der Waals surface area contributed by atoms with Crippen LogP contribution in [0.1, 0.15) is 24.9 Å². The normalized spacial score (nSPS) is 15.5. The molecule has 2 N–H and O–H groups in total. The smallest absolute Gasteiger partial charge is 0.330 e. The molecule has 19 heavy (non-hydrogen) atoms. The fourth-order valence-corrected chi connectivity index (χ4v) is 1.65. The minimum atomic E-state index is -4.15. The molecule has 108 valence electrons. The Labute approximate surface area is 109 Å². The van der Waals surface area contributed by atoms with E-state index in [1.807, 2.05) is 0 Å². The first-order valence-electron chi connectivity index (χ1n) is 5.96. The lowest BCUT2D eigenvalue weighted by molar-refractivity contribution is -0.178. The van der Waals surface area contributed by atoms with Crippen molar-refractivity contribution in [1.82, 2.24) is 0 Å². The highest BCUT2D eigenvalue weighted by Gasteiger charge is 2.42. The average molecular weight is 279 g/mol. The molecule has 0 heterocycles. The molecule has 1 aromatic carbocycles. The van der Waals surface area contributed by atoms with Gasteiger partial charge in [0.05, 0.1) is 12.1 Å². The van der Waals surface area contributed by atoms with Crippen LogP contribution in [-0.2, 0) is 4.74 Å². The average Bonchev–Trinajstić information content (AvgIpc) is 2.40. The molecule has 0 aliphatic heterocycles. The van der Waals surface area contributed by atoms with Crippen molar-refractivity contribution in [2.75, 3.05) is 6.61 Å². The van der Waals surface area contributed by atoms with E-state index in [-0.39, 0.29) is 0 Å². The summed E-state index contributed by atoms with van der Waals surface area (Å²) >= 11 is 0. The maximum Gasteiger partial charge on any atom is 0.330 e. The van der Waals surface area contributed by atoms with Gasteiger partial charge < -0.3 is 10.5 Å². The summed E-state index contributed by atoms with van der Waals surface area (Å²) in [5.74, 6) is -4.15. The van der Waals surface area contributed by atoms with Crippen LogP contribution in [0.25, 0.3) is 0 Å². The summed E-state index contributed by atoms with van der Waals surface area (Å²) in [5, 5.41) is 0. The Bertz CT molecular complexity index is 372. The first-order chi connectivity index (χ1) is 8.88. The van der Waals surface area contributed by atoms with E-state index in [9.17, 15) is 17.6 Å². The largest absolute Gasteiger partial charge is 0.370 e. The number of hydrogen-bond donors (Lipinski definition) is 1. The van der Waals surface area contributed by atoms with E-state index in [0.717, 1.165) is 5.56 Å². The lowest BCUT2D eigenvalue weighted by atomic mass is 10.0. The zero-order chi connectivity index (χ0) is 14.5. The Balaban J connectivity index is 2.64. The molecule has 0 aromatic heterocycles. The number of nitrogens with two attached hydrogens (primary N) is 1. The number of benzene rings is 1. The summed E-state index contributed by atoms with van der Waals surface area (Å²) in [6.45, 7) is 0.373. The molecule has 2 nitrogen and oxygen atoms in total. The summed E-state index contributed by atoms with van der Waals surface area (Å²) < 4.78 is 54.5. The summed E-state index contributed by atoms with van der Waals surface area (Å²) in [7, 11) is 0. The molecule has 2 unspecified atom stereocenters. The third-order valence-corrected chi connectivity index (χ3v) is 2.80. The van der Waals surface area contributed by atoms with E-state index in [2.05, 4.69) is 0 Å². The standard InChI is InChI=1S/C13H17F4NO/c1-2-10(19-8-13(16,17)12(14)15)11(18)9-6-4-3-5-7-9/h3-7,10-12H,2,8,18H2,1H3. The molecule has 6 heteroatoms. The van der Waals surface area contributed by atoms with Gasteiger partial charge in [-0.25, -0.2) is 8.78 Å². The van der Waals surface area contributed by atoms with Gasteiger partial charge in [-0.3, -0.25) is 0 Å². The molecule has 0 spiro atoms. The zero-order valence-electron chi connectivity index (χ0n) is 10.5. The van der Waals surface area contributed by atoms with Gasteiger partial charge in [0.15, 0.2) is 0 Å². The van der Waals surface area contributed by atoms with Gasteiger partial charge in [-0.05, 0) is 12.0 Å². The first-order valence-corrected chi connectivity index (χ1v) is 5.96. The zero-order valence-corrected chi connectivity index (χ0v) is 10.5. The van der Waals surface area contributed by atoms with Gasteiger partial charge in [0.25, 0.3) is 0 Å². The molecule has 0 fully saturated rings. The Morgan fingerprint density at radius 1 is 1.21 bits per heavy atom. The van der Waals surface area contributed by atoms with Crippen LogP contribution < -0.4 is 5.73 Å². The summed E-state index contributed by atoms with van der Waals surface area (Å²) in [5.41, 5.74) is 6.62. The van der Waals surface area contributed by atoms with E-state index in [0.29, 0.717) is 6.42 Å². The van der Waals surface area contributed by atoms with Gasteiger partial charge >= 0.3 is 12.3 Å². The van der Waals surface area contributed by atoms with Gasteiger partial charge in [0.1, 0.15) is 6.61 Å². The number of alkyl halides is 4. The highest BCUT2D eigenvalue weighted by molar-refractivity contribution is 5.19. The maximum atomic E-state index is 12.8. The van der Waals surface area contributed by atoms with Crippen LogP contribution in [0.2, 0.25) is 0 Å². The molecule has 1 rings (SSSR count). The molecule has 1 aromatic rings. The van der Waals surface area contributed by atoms with Crippen molar-refractivity contribution in [3.05, 3.63) is 35.9 Å². The fourth-order valence-electron chi connectivity index (χ4n) is 1.65. The second-order valence-electron chi connectivity index (χ2n) is 4.26. The number of halogens is 4. The SMILES string of the molecule is CCC(OCC(F)(F)C(F)F)C(N)c1ccccc1. The van der Waals surface area contributed by atoms with Crippen LogP contribution in [-0.4, -0.2) is 25.1 Å². The summed E-state index contributed by atoms with van der Waals surface area (Å²) in [6, 6.07) is 8.16. The van der Waals surface area contributed by atoms with Crippen molar-refractivity contribution in [2.45, 2.75) is 37.8 Å². The van der Waals surface area contributed by atoms with Crippen molar-refractivity contribution >= 4 is 0 Å². The molecule has 2 atom stereocenters. The van der Waals surface area contributed by atoms with Gasteiger partial charge in [-0.1, -0.05) is 37.3 Å². The third-order valence-electron chi connectivity index (χ3n) is 2.80. The second-order valence-corrected chi connectivity index (χ2v) is 4.26. The minimum absolute atomic E-state index is 0.357. The molecule has 0 radical (unpaired) electrons. The van der Waals surface area contributed by atoms with Crippen molar-refractivity contribution in [3.63, 3.8) is 0 Å². The van der Waals surface area contributed by atoms with Crippen LogP contribution >= 0.6 is 0 Å². The summed E-state index contributed by atoms with van der Waals surface area (Å²) in [4.78, 5) is 0. The van der Waals surface area contributed by atoms with Crippen LogP contribution in [0.3, 0.4) is 0 Å². The predicted octanol–water partition coefficient (Wildman–Crippen LogP) is 3.38. The molecular formula is C13H17F4NO. The number of hydrogen-bond acceptors (Lipinski definition) is 2. The van der Waals surface area contributed by atoms with Crippen molar-refractivity contribution in [2.24, 2.45) is 5.73 Å². The third kappa shape index (κ3) is 4.47. The lowest BCUT2D eigenvalue weighted by Gasteiger charge is -2.25. The van der Waals surface area contributed by atoms with E-state index in [4.69, 9.17) is 10.5 Å². The number of ether oxygens (including phenoxy) is 1. The molecule has 0 aliphatic rings. The van der Waals surface area contributed by atoms with Crippen LogP contribution in [0.4, 0.5) is 17.6 Å². The van der Waals surface area contributed by atoms with Crippen LogP contribution in [0.15, 0.2) is 30.3 Å². The Hall–Kier alpha value is -1.14. The summed E-state index contributed by atoms with van der Waals surface area (Å²) in [6.07, 6.45) is -4.11. The minimum Gasteiger partial charge on any atom is -0.370 e. The van der Waals surface area contributed by atoms with E-state index >= 15 is 0 Å². The molecule has 0 bridgehead atoms. The topological polar surface area (TPSA) is 35.2 Å². The van der Waals surface area contributed by atoms with E-state index in [1.165, 1.54) is 0 Å². The maximum absolute atomic E-state index is 12.8. The number of rotatable bonds is 7. The van der Waals surface area contributed by atoms with E-state index < -0.39 is 31.1 Å². The van der Waals surface area contributed by atoms with Gasteiger partial charge in [-0.2, -0.15) is 8.78 Å². The Morgan fingerprint density at radius 3 is 2.26 bits per heavy atom. The quantitative estimate of drug-likeness (QED) is 0.777. The molecule has 0 saturated carbocycles. The first kappa shape index (κ1) is 15.9. The van der Waals surface area contributed by atoms with Gasteiger partial charge in [-0.15, -0.1) is 0 Å². The van der Waals surface area contributed by atoms with Gasteiger partial charge in [0, 0.05) is 0 Å². The van der Waals surface area contributed by atoms with Gasteiger partial charge in [0.2, 0.25) is 0 Å². The van der Waals surface area contributed by atoms with Crippen molar-refractivity contribution < 1.29 is 22.3 Å². The monoisotopic (exact) mass is 279 g/mol. The lowest BCUT2D eigenvalue weighted by Crippen LogP contribution is -2.37. The fraction of sp³-hybridized carbons (Fsp3) is 0.538.